The third kappa shape index (κ3) is 2.71. The highest BCUT2D eigenvalue weighted by Crippen LogP contribution is 2.46. The zero-order valence-electron chi connectivity index (χ0n) is 16.2. The molecular formula is C23H18N6O. The molecule has 0 radical (unpaired) electrons. The maximum atomic E-state index is 6.37. The van der Waals surface area contributed by atoms with E-state index in [1.807, 2.05) is 42.5 Å². The Balaban J connectivity index is 1.77. The molecule has 4 aromatic rings. The topological polar surface area (TPSA) is 99.2 Å². The highest BCUT2D eigenvalue weighted by atomic mass is 16.5. The van der Waals surface area contributed by atoms with Crippen molar-refractivity contribution in [3.8, 4) is 17.1 Å². The Bertz CT molecular complexity index is 1240. The van der Waals surface area contributed by atoms with Gasteiger partial charge in [0, 0.05) is 41.5 Å². The number of fused-ring (bicyclic) bond motifs is 1. The van der Waals surface area contributed by atoms with Crippen molar-refractivity contribution in [2.75, 3.05) is 7.11 Å². The van der Waals surface area contributed by atoms with E-state index in [1.54, 1.807) is 24.8 Å². The largest absolute Gasteiger partial charge is 0.467 e. The summed E-state index contributed by atoms with van der Waals surface area (Å²) in [5.41, 5.74) is 11.1. The quantitative estimate of drug-likeness (QED) is 0.571. The van der Waals surface area contributed by atoms with E-state index in [0.717, 1.165) is 33.4 Å². The van der Waals surface area contributed by atoms with Crippen LogP contribution in [0.5, 0.6) is 6.01 Å². The van der Waals surface area contributed by atoms with Gasteiger partial charge in [-0.3, -0.25) is 0 Å². The molecule has 0 bridgehead atoms. The minimum atomic E-state index is -0.863. The lowest BCUT2D eigenvalue weighted by Gasteiger charge is -2.29. The van der Waals surface area contributed by atoms with Gasteiger partial charge in [0.25, 0.3) is 0 Å². The van der Waals surface area contributed by atoms with E-state index in [1.165, 1.54) is 13.4 Å². The van der Waals surface area contributed by atoms with E-state index in [9.17, 15) is 0 Å². The van der Waals surface area contributed by atoms with E-state index in [-0.39, 0.29) is 0 Å². The molecule has 0 saturated heterocycles. The molecule has 0 aliphatic carbocycles. The van der Waals surface area contributed by atoms with Crippen molar-refractivity contribution < 1.29 is 4.74 Å². The Morgan fingerprint density at radius 2 is 1.60 bits per heavy atom. The maximum Gasteiger partial charge on any atom is 0.316 e. The van der Waals surface area contributed by atoms with Gasteiger partial charge in [-0.1, -0.05) is 42.5 Å². The molecule has 0 amide bonds. The van der Waals surface area contributed by atoms with Crippen molar-refractivity contribution in [2.24, 2.45) is 10.7 Å². The summed E-state index contributed by atoms with van der Waals surface area (Å²) >= 11 is 0. The molecule has 2 N–H and O–H groups in total. The summed E-state index contributed by atoms with van der Waals surface area (Å²) in [6.45, 7) is 0. The first-order chi connectivity index (χ1) is 14.7. The Morgan fingerprint density at radius 3 is 2.37 bits per heavy atom. The van der Waals surface area contributed by atoms with Crippen molar-refractivity contribution >= 4 is 5.84 Å². The van der Waals surface area contributed by atoms with Crippen LogP contribution in [0.3, 0.4) is 0 Å². The second-order valence-electron chi connectivity index (χ2n) is 6.92. The summed E-state index contributed by atoms with van der Waals surface area (Å²) < 4.78 is 5.14. The molecule has 2 aromatic heterocycles. The second-order valence-corrected chi connectivity index (χ2v) is 6.92. The van der Waals surface area contributed by atoms with Crippen LogP contribution >= 0.6 is 0 Å². The van der Waals surface area contributed by atoms with Crippen molar-refractivity contribution in [1.82, 2.24) is 19.9 Å². The van der Waals surface area contributed by atoms with Crippen LogP contribution in [-0.4, -0.2) is 32.9 Å². The molecule has 0 spiro atoms. The molecule has 1 unspecified atom stereocenters. The fourth-order valence-corrected chi connectivity index (χ4v) is 3.91. The highest BCUT2D eigenvalue weighted by Gasteiger charge is 2.43. The Kier molecular flexibility index (Phi) is 4.21. The number of nitrogens with zero attached hydrogens (tertiary/aromatic N) is 5. The molecule has 3 heterocycles. The number of aromatic nitrogens is 4. The fourth-order valence-electron chi connectivity index (χ4n) is 3.91. The lowest BCUT2D eigenvalue weighted by molar-refractivity contribution is 0.378. The van der Waals surface area contributed by atoms with Crippen LogP contribution in [0.2, 0.25) is 0 Å². The van der Waals surface area contributed by atoms with E-state index < -0.39 is 5.54 Å². The first kappa shape index (κ1) is 17.9. The molecule has 1 aliphatic heterocycles. The molecule has 7 nitrogen and oxygen atoms in total. The number of nitrogens with two attached hydrogens (primary N) is 1. The highest BCUT2D eigenvalue weighted by molar-refractivity contribution is 6.03. The van der Waals surface area contributed by atoms with Gasteiger partial charge in [0.15, 0.2) is 0 Å². The first-order valence-corrected chi connectivity index (χ1v) is 9.40. The smallest absolute Gasteiger partial charge is 0.316 e. The minimum absolute atomic E-state index is 0.298. The number of amidine groups is 1. The van der Waals surface area contributed by atoms with Gasteiger partial charge in [-0.2, -0.15) is 0 Å². The van der Waals surface area contributed by atoms with Crippen molar-refractivity contribution in [1.29, 1.82) is 0 Å². The number of hydrogen-bond donors (Lipinski definition) is 1. The average molecular weight is 394 g/mol. The van der Waals surface area contributed by atoms with Crippen LogP contribution in [0.25, 0.3) is 11.1 Å². The molecule has 146 valence electrons. The van der Waals surface area contributed by atoms with Crippen LogP contribution in [-0.2, 0) is 5.54 Å². The third-order valence-electron chi connectivity index (χ3n) is 5.28. The van der Waals surface area contributed by atoms with Gasteiger partial charge in [0.2, 0.25) is 0 Å². The van der Waals surface area contributed by atoms with Crippen molar-refractivity contribution in [3.05, 3.63) is 102 Å². The molecular weight excluding hydrogens is 376 g/mol. The number of benzene rings is 2. The summed E-state index contributed by atoms with van der Waals surface area (Å²) in [6, 6.07) is 16.4. The van der Waals surface area contributed by atoms with Gasteiger partial charge >= 0.3 is 6.01 Å². The monoisotopic (exact) mass is 394 g/mol. The van der Waals surface area contributed by atoms with Crippen LogP contribution in [0.15, 0.2) is 84.6 Å². The molecule has 30 heavy (non-hydrogen) atoms. The second kappa shape index (κ2) is 7.04. The SMILES string of the molecule is COc1ncc(C2(c3cccc(-c4cncnc4)c3)N=C(N)c3ccccc32)cn1. The normalized spacial score (nSPS) is 17.3. The lowest BCUT2D eigenvalue weighted by atomic mass is 9.78. The molecule has 0 fully saturated rings. The Hall–Kier alpha value is -4.13. The number of ether oxygens (including phenoxy) is 1. The zero-order valence-corrected chi connectivity index (χ0v) is 16.2. The van der Waals surface area contributed by atoms with Crippen LogP contribution in [0.4, 0.5) is 0 Å². The zero-order chi connectivity index (χ0) is 20.6. The molecule has 0 saturated carbocycles. The first-order valence-electron chi connectivity index (χ1n) is 9.40. The maximum absolute atomic E-state index is 6.37. The molecule has 1 aliphatic rings. The molecule has 1 atom stereocenters. The predicted molar refractivity (Wildman–Crippen MR) is 113 cm³/mol. The Morgan fingerprint density at radius 1 is 0.833 bits per heavy atom. The van der Waals surface area contributed by atoms with Crippen LogP contribution < -0.4 is 10.5 Å². The van der Waals surface area contributed by atoms with Crippen molar-refractivity contribution in [2.45, 2.75) is 5.54 Å². The van der Waals surface area contributed by atoms with E-state index >= 15 is 0 Å². The van der Waals surface area contributed by atoms with Gasteiger partial charge in [-0.15, -0.1) is 0 Å². The summed E-state index contributed by atoms with van der Waals surface area (Å²) in [7, 11) is 1.54. The third-order valence-corrected chi connectivity index (χ3v) is 5.28. The van der Waals surface area contributed by atoms with Crippen LogP contribution in [0, 0.1) is 0 Å². The van der Waals surface area contributed by atoms with Gasteiger partial charge in [-0.05, 0) is 22.8 Å². The van der Waals surface area contributed by atoms with Crippen LogP contribution in [0.1, 0.15) is 22.3 Å². The van der Waals surface area contributed by atoms with Crippen molar-refractivity contribution in [3.63, 3.8) is 0 Å². The number of methoxy groups -OCH3 is 1. The average Bonchev–Trinajstić information content (AvgIpc) is 3.13. The summed E-state index contributed by atoms with van der Waals surface area (Å²) in [5, 5.41) is 0. The molecule has 5 rings (SSSR count). The van der Waals surface area contributed by atoms with Gasteiger partial charge < -0.3 is 10.5 Å². The number of aliphatic imine (C=N–C) groups is 1. The summed E-state index contributed by atoms with van der Waals surface area (Å²) in [5.74, 6) is 0.481. The summed E-state index contributed by atoms with van der Waals surface area (Å²) in [6.07, 6.45) is 8.57. The Labute approximate surface area is 173 Å². The van der Waals surface area contributed by atoms with Gasteiger partial charge in [0.05, 0.1) is 7.11 Å². The van der Waals surface area contributed by atoms with E-state index in [4.69, 9.17) is 15.5 Å². The number of rotatable bonds is 4. The molecule has 2 aromatic carbocycles. The van der Waals surface area contributed by atoms with Gasteiger partial charge in [-0.25, -0.2) is 24.9 Å². The van der Waals surface area contributed by atoms with E-state index in [2.05, 4.69) is 26.0 Å². The molecule has 7 heteroatoms. The van der Waals surface area contributed by atoms with Gasteiger partial charge in [0.1, 0.15) is 17.7 Å². The number of hydrogen-bond acceptors (Lipinski definition) is 7. The standard InChI is InChI=1S/C23H18N6O/c1-30-22-27-12-18(13-28-22)23(20-8-3-2-7-19(20)21(24)29-23)17-6-4-5-15(9-17)16-10-25-14-26-11-16/h2-14H,1H3,(H2,24,29). The lowest BCUT2D eigenvalue weighted by Crippen LogP contribution is -2.26. The predicted octanol–water partition coefficient (Wildman–Crippen LogP) is 2.95. The minimum Gasteiger partial charge on any atom is -0.467 e. The summed E-state index contributed by atoms with van der Waals surface area (Å²) in [4.78, 5) is 21.9. The van der Waals surface area contributed by atoms with E-state index in [0.29, 0.717) is 11.8 Å². The fraction of sp³-hybridized carbons (Fsp3) is 0.0870.